The van der Waals surface area contributed by atoms with Crippen molar-refractivity contribution >= 4 is 11.8 Å². The van der Waals surface area contributed by atoms with Crippen LogP contribution in [0.15, 0.2) is 11.6 Å². The van der Waals surface area contributed by atoms with Gasteiger partial charge in [0, 0.05) is 31.1 Å². The molecule has 0 amide bonds. The van der Waals surface area contributed by atoms with Gasteiger partial charge in [-0.05, 0) is 61.7 Å². The number of Topliss-reactive ketones (excluding diaryl/α,β-unsaturated/α-hetero) is 1. The van der Waals surface area contributed by atoms with E-state index in [2.05, 4.69) is 19.9 Å². The zero-order chi connectivity index (χ0) is 20.9. The lowest BCUT2D eigenvalue weighted by Gasteiger charge is -2.56. The van der Waals surface area contributed by atoms with Crippen LogP contribution in [0.2, 0.25) is 0 Å². The fourth-order valence-corrected chi connectivity index (χ4v) is 8.15. The molecule has 0 spiro atoms. The number of quaternary nitrogens is 1. The first-order chi connectivity index (χ1) is 14.4. The van der Waals surface area contributed by atoms with E-state index < -0.39 is 0 Å². The Hall–Kier alpha value is -1.16. The summed E-state index contributed by atoms with van der Waals surface area (Å²) in [5.74, 6) is 2.50. The molecule has 1 saturated heterocycles. The molecule has 4 fully saturated rings. The molecule has 0 aromatic heterocycles. The first-order valence-electron chi connectivity index (χ1n) is 12.7. The number of ether oxygens (including phenoxy) is 1. The smallest absolute Gasteiger partial charge is 0.311 e. The summed E-state index contributed by atoms with van der Waals surface area (Å²) in [4.78, 5) is 26.6. The van der Waals surface area contributed by atoms with Gasteiger partial charge in [-0.3, -0.25) is 9.59 Å². The summed E-state index contributed by atoms with van der Waals surface area (Å²) in [6.07, 6.45) is 14.1. The van der Waals surface area contributed by atoms with Crippen LogP contribution in [0.25, 0.3) is 0 Å². The summed E-state index contributed by atoms with van der Waals surface area (Å²) in [5, 5.41) is 0. The molecule has 4 nitrogen and oxygen atoms in total. The SMILES string of the molecule is CC12CCC3C(CC=C4CC(OC(=O)CC[NH+]5CCCC5)CCC43C)C1CCC2=O. The topological polar surface area (TPSA) is 47.8 Å². The van der Waals surface area contributed by atoms with Gasteiger partial charge in [0.15, 0.2) is 0 Å². The van der Waals surface area contributed by atoms with Crippen molar-refractivity contribution in [1.29, 1.82) is 0 Å². The number of ketones is 1. The van der Waals surface area contributed by atoms with Crippen molar-refractivity contribution in [2.24, 2.45) is 28.6 Å². The van der Waals surface area contributed by atoms with Gasteiger partial charge in [0.2, 0.25) is 0 Å². The molecular formula is C26H40NO3+. The van der Waals surface area contributed by atoms with E-state index in [4.69, 9.17) is 4.74 Å². The second-order valence-electron chi connectivity index (χ2n) is 11.5. The highest BCUT2D eigenvalue weighted by Crippen LogP contribution is 2.64. The van der Waals surface area contributed by atoms with Crippen LogP contribution in [0.3, 0.4) is 0 Å². The molecule has 30 heavy (non-hydrogen) atoms. The molecule has 5 rings (SSSR count). The quantitative estimate of drug-likeness (QED) is 0.566. The number of rotatable bonds is 4. The number of fused-ring (bicyclic) bond motifs is 5. The maximum absolute atomic E-state index is 12.6. The van der Waals surface area contributed by atoms with Crippen LogP contribution in [-0.4, -0.2) is 37.5 Å². The van der Waals surface area contributed by atoms with Crippen molar-refractivity contribution in [1.82, 2.24) is 0 Å². The van der Waals surface area contributed by atoms with Gasteiger partial charge < -0.3 is 9.64 Å². The van der Waals surface area contributed by atoms with E-state index in [0.29, 0.717) is 30.0 Å². The Balaban J connectivity index is 1.22. The fraction of sp³-hybridized carbons (Fsp3) is 0.846. The van der Waals surface area contributed by atoms with Crippen LogP contribution in [0.4, 0.5) is 0 Å². The lowest BCUT2D eigenvalue weighted by atomic mass is 9.48. The number of hydrogen-bond donors (Lipinski definition) is 1. The molecule has 3 saturated carbocycles. The largest absolute Gasteiger partial charge is 0.462 e. The lowest BCUT2D eigenvalue weighted by Crippen LogP contribution is -3.10. The third kappa shape index (κ3) is 3.38. The zero-order valence-corrected chi connectivity index (χ0v) is 19.0. The molecule has 0 aromatic rings. The molecule has 4 heteroatoms. The molecule has 5 aliphatic rings. The van der Waals surface area contributed by atoms with Crippen LogP contribution in [-0.2, 0) is 14.3 Å². The van der Waals surface area contributed by atoms with Gasteiger partial charge in [0.25, 0.3) is 0 Å². The van der Waals surface area contributed by atoms with Gasteiger partial charge in [-0.15, -0.1) is 0 Å². The van der Waals surface area contributed by atoms with E-state index in [0.717, 1.165) is 51.5 Å². The molecular weight excluding hydrogens is 374 g/mol. The molecule has 0 bridgehead atoms. The normalized spacial score (nSPS) is 43.5. The number of hydrogen-bond acceptors (Lipinski definition) is 3. The summed E-state index contributed by atoms with van der Waals surface area (Å²) < 4.78 is 5.94. The highest BCUT2D eigenvalue weighted by molar-refractivity contribution is 5.87. The minimum atomic E-state index is -0.0487. The van der Waals surface area contributed by atoms with Crippen molar-refractivity contribution in [3.05, 3.63) is 11.6 Å². The molecule has 6 unspecified atom stereocenters. The van der Waals surface area contributed by atoms with E-state index >= 15 is 0 Å². The van der Waals surface area contributed by atoms with E-state index in [1.807, 2.05) is 0 Å². The highest BCUT2D eigenvalue weighted by Gasteiger charge is 2.58. The van der Waals surface area contributed by atoms with Gasteiger partial charge in [-0.2, -0.15) is 0 Å². The van der Waals surface area contributed by atoms with E-state index in [9.17, 15) is 9.59 Å². The Morgan fingerprint density at radius 2 is 1.83 bits per heavy atom. The Kier molecular flexibility index (Phi) is 5.36. The molecule has 6 atom stereocenters. The van der Waals surface area contributed by atoms with Crippen LogP contribution >= 0.6 is 0 Å². The number of allylic oxidation sites excluding steroid dienone is 1. The first kappa shape index (κ1) is 20.7. The molecule has 1 aliphatic heterocycles. The molecule has 1 N–H and O–H groups in total. The van der Waals surface area contributed by atoms with E-state index in [-0.39, 0.29) is 22.9 Å². The van der Waals surface area contributed by atoms with E-state index in [1.165, 1.54) is 32.4 Å². The minimum Gasteiger partial charge on any atom is -0.462 e. The Morgan fingerprint density at radius 3 is 2.63 bits per heavy atom. The molecule has 0 aromatic carbocycles. The van der Waals surface area contributed by atoms with Gasteiger partial charge in [0.1, 0.15) is 11.9 Å². The van der Waals surface area contributed by atoms with Crippen LogP contribution < -0.4 is 4.90 Å². The van der Waals surface area contributed by atoms with Crippen molar-refractivity contribution < 1.29 is 19.2 Å². The summed E-state index contributed by atoms with van der Waals surface area (Å²) in [6, 6.07) is 0. The van der Waals surface area contributed by atoms with Gasteiger partial charge in [-0.25, -0.2) is 0 Å². The zero-order valence-electron chi connectivity index (χ0n) is 19.0. The Labute approximate surface area is 181 Å². The van der Waals surface area contributed by atoms with Crippen LogP contribution in [0.5, 0.6) is 0 Å². The second-order valence-corrected chi connectivity index (χ2v) is 11.5. The maximum Gasteiger partial charge on any atom is 0.311 e. The van der Waals surface area contributed by atoms with Crippen molar-refractivity contribution in [2.45, 2.75) is 90.6 Å². The lowest BCUT2D eigenvalue weighted by molar-refractivity contribution is -0.886. The summed E-state index contributed by atoms with van der Waals surface area (Å²) in [6.45, 7) is 8.11. The summed E-state index contributed by atoms with van der Waals surface area (Å²) in [5.41, 5.74) is 1.75. The predicted molar refractivity (Wildman–Crippen MR) is 116 cm³/mol. The molecule has 1 heterocycles. The average molecular weight is 415 g/mol. The van der Waals surface area contributed by atoms with Gasteiger partial charge in [0.05, 0.1) is 26.1 Å². The first-order valence-corrected chi connectivity index (χ1v) is 12.7. The summed E-state index contributed by atoms with van der Waals surface area (Å²) in [7, 11) is 0. The van der Waals surface area contributed by atoms with Gasteiger partial charge in [-0.1, -0.05) is 25.5 Å². The number of esters is 1. The highest BCUT2D eigenvalue weighted by atomic mass is 16.5. The molecule has 166 valence electrons. The summed E-state index contributed by atoms with van der Waals surface area (Å²) >= 11 is 0. The van der Waals surface area contributed by atoms with Crippen molar-refractivity contribution in [2.75, 3.05) is 19.6 Å². The monoisotopic (exact) mass is 414 g/mol. The number of nitrogens with one attached hydrogen (secondary N) is 1. The van der Waals surface area contributed by atoms with Gasteiger partial charge >= 0.3 is 5.97 Å². The van der Waals surface area contributed by atoms with Crippen LogP contribution in [0, 0.1) is 28.6 Å². The van der Waals surface area contributed by atoms with Crippen molar-refractivity contribution in [3.8, 4) is 0 Å². The molecule has 0 radical (unpaired) electrons. The standard InChI is InChI=1S/C26H39NO3/c1-25-12-9-19(30-24(29)11-16-27-14-3-4-15-27)17-18(25)5-6-20-21-7-8-23(28)26(21,2)13-10-22(20)25/h5,19-22H,3-4,6-17H2,1-2H3/p+1. The number of carbonyl (C=O) groups excluding carboxylic acids is 2. The Bertz CT molecular complexity index is 739. The Morgan fingerprint density at radius 1 is 1.10 bits per heavy atom. The van der Waals surface area contributed by atoms with Crippen molar-refractivity contribution in [3.63, 3.8) is 0 Å². The maximum atomic E-state index is 12.6. The van der Waals surface area contributed by atoms with E-state index in [1.54, 1.807) is 10.5 Å². The minimum absolute atomic E-state index is 0.00944. The molecule has 4 aliphatic carbocycles. The third-order valence-corrected chi connectivity index (χ3v) is 10.1. The second kappa shape index (κ2) is 7.76. The number of likely N-dealkylation sites (tertiary alicyclic amines) is 1. The predicted octanol–water partition coefficient (Wildman–Crippen LogP) is 3.50. The fourth-order valence-electron chi connectivity index (χ4n) is 8.15. The third-order valence-electron chi connectivity index (χ3n) is 10.1. The number of carbonyl (C=O) groups is 2. The average Bonchev–Trinajstić information content (AvgIpc) is 3.35. The van der Waals surface area contributed by atoms with Crippen LogP contribution in [0.1, 0.15) is 84.5 Å².